The number of nitrogens with one attached hydrogen (secondary N) is 1. The SMILES string of the molecule is COc1ccc2c(NS(=O)(=O)c3cnn(-c4ccc(Cl)cc4)c3C)noc2c1. The van der Waals surface area contributed by atoms with Gasteiger partial charge >= 0.3 is 0 Å². The number of sulfonamides is 1. The number of hydrogen-bond acceptors (Lipinski definition) is 6. The zero-order chi connectivity index (χ0) is 19.9. The predicted molar refractivity (Wildman–Crippen MR) is 105 cm³/mol. The Labute approximate surface area is 165 Å². The molecule has 2 aromatic carbocycles. The fraction of sp³-hybridized carbons (Fsp3) is 0.111. The van der Waals surface area contributed by atoms with Gasteiger partial charge in [-0.3, -0.25) is 4.72 Å². The van der Waals surface area contributed by atoms with Crippen molar-refractivity contribution in [3.63, 3.8) is 0 Å². The molecule has 0 atom stereocenters. The Morgan fingerprint density at radius 2 is 1.93 bits per heavy atom. The third-order valence-corrected chi connectivity index (χ3v) is 5.93. The number of nitrogens with zero attached hydrogens (tertiary/aromatic N) is 3. The van der Waals surface area contributed by atoms with E-state index in [0.717, 1.165) is 0 Å². The van der Waals surface area contributed by atoms with Gasteiger partial charge in [0.25, 0.3) is 10.0 Å². The van der Waals surface area contributed by atoms with E-state index in [1.807, 2.05) is 0 Å². The molecule has 0 unspecified atom stereocenters. The summed E-state index contributed by atoms with van der Waals surface area (Å²) in [5.41, 5.74) is 1.55. The monoisotopic (exact) mass is 418 g/mol. The minimum absolute atomic E-state index is 0.0344. The largest absolute Gasteiger partial charge is 0.497 e. The van der Waals surface area contributed by atoms with Crippen LogP contribution in [0.25, 0.3) is 16.7 Å². The zero-order valence-corrected chi connectivity index (χ0v) is 16.5. The molecule has 4 aromatic rings. The third-order valence-electron chi connectivity index (χ3n) is 4.24. The molecule has 0 aliphatic rings. The van der Waals surface area contributed by atoms with Gasteiger partial charge in [-0.25, -0.2) is 13.1 Å². The van der Waals surface area contributed by atoms with Gasteiger partial charge in [0.1, 0.15) is 10.6 Å². The molecule has 144 valence electrons. The van der Waals surface area contributed by atoms with Gasteiger partial charge in [0, 0.05) is 11.1 Å². The van der Waals surface area contributed by atoms with Gasteiger partial charge in [0.2, 0.25) is 0 Å². The molecule has 0 fully saturated rings. The molecular weight excluding hydrogens is 404 g/mol. The lowest BCUT2D eigenvalue weighted by molar-refractivity contribution is 0.412. The summed E-state index contributed by atoms with van der Waals surface area (Å²) in [6, 6.07) is 11.9. The molecule has 0 bridgehead atoms. The highest BCUT2D eigenvalue weighted by atomic mass is 35.5. The molecule has 8 nitrogen and oxygen atoms in total. The van der Waals surface area contributed by atoms with Gasteiger partial charge in [-0.15, -0.1) is 0 Å². The number of anilines is 1. The first kappa shape index (κ1) is 18.3. The Hall–Kier alpha value is -3.04. The topological polar surface area (TPSA) is 99.2 Å². The number of hydrogen-bond donors (Lipinski definition) is 1. The number of benzene rings is 2. The van der Waals surface area contributed by atoms with E-state index < -0.39 is 10.0 Å². The van der Waals surface area contributed by atoms with Crippen molar-refractivity contribution >= 4 is 38.4 Å². The van der Waals surface area contributed by atoms with Crippen molar-refractivity contribution in [2.45, 2.75) is 11.8 Å². The molecule has 2 heterocycles. The summed E-state index contributed by atoms with van der Waals surface area (Å²) in [6.45, 7) is 1.67. The Morgan fingerprint density at radius 3 is 2.64 bits per heavy atom. The minimum Gasteiger partial charge on any atom is -0.497 e. The van der Waals surface area contributed by atoms with Crippen molar-refractivity contribution in [3.8, 4) is 11.4 Å². The maximum Gasteiger partial charge on any atom is 0.266 e. The van der Waals surface area contributed by atoms with Crippen LogP contribution in [-0.2, 0) is 10.0 Å². The lowest BCUT2D eigenvalue weighted by atomic mass is 10.2. The summed E-state index contributed by atoms with van der Waals surface area (Å²) >= 11 is 5.90. The van der Waals surface area contributed by atoms with Crippen molar-refractivity contribution < 1.29 is 17.7 Å². The van der Waals surface area contributed by atoms with Crippen LogP contribution < -0.4 is 9.46 Å². The Bertz CT molecular complexity index is 1260. The molecule has 0 saturated heterocycles. The molecule has 4 rings (SSSR count). The van der Waals surface area contributed by atoms with E-state index in [4.69, 9.17) is 20.9 Å². The number of fused-ring (bicyclic) bond motifs is 1. The molecule has 0 aliphatic carbocycles. The van der Waals surface area contributed by atoms with E-state index >= 15 is 0 Å². The van der Waals surface area contributed by atoms with Crippen molar-refractivity contribution in [2.75, 3.05) is 11.8 Å². The summed E-state index contributed by atoms with van der Waals surface area (Å²) < 4.78 is 40.1. The third kappa shape index (κ3) is 3.19. The number of ether oxygens (including phenoxy) is 1. The molecule has 10 heteroatoms. The van der Waals surface area contributed by atoms with Crippen molar-refractivity contribution in [3.05, 3.63) is 59.4 Å². The number of rotatable bonds is 5. The molecule has 0 radical (unpaired) electrons. The average molecular weight is 419 g/mol. The summed E-state index contributed by atoms with van der Waals surface area (Å²) in [6.07, 6.45) is 1.29. The van der Waals surface area contributed by atoms with Crippen LogP contribution in [0.4, 0.5) is 5.82 Å². The quantitative estimate of drug-likeness (QED) is 0.529. The molecule has 2 aromatic heterocycles. The van der Waals surface area contributed by atoms with Gasteiger partial charge < -0.3 is 9.26 Å². The average Bonchev–Trinajstić information content (AvgIpc) is 3.25. The highest BCUT2D eigenvalue weighted by Gasteiger charge is 2.24. The lowest BCUT2D eigenvalue weighted by Crippen LogP contribution is -2.14. The number of aromatic nitrogens is 3. The first-order chi connectivity index (χ1) is 13.4. The van der Waals surface area contributed by atoms with E-state index in [-0.39, 0.29) is 10.7 Å². The maximum absolute atomic E-state index is 12.9. The highest BCUT2D eigenvalue weighted by molar-refractivity contribution is 7.92. The summed E-state index contributed by atoms with van der Waals surface area (Å²) in [4.78, 5) is 0.0344. The minimum atomic E-state index is -3.93. The van der Waals surface area contributed by atoms with Crippen LogP contribution in [0.1, 0.15) is 5.69 Å². The molecule has 0 amide bonds. The normalized spacial score (nSPS) is 11.7. The maximum atomic E-state index is 12.9. The van der Waals surface area contributed by atoms with E-state index in [1.54, 1.807) is 49.4 Å². The van der Waals surface area contributed by atoms with E-state index in [0.29, 0.717) is 33.1 Å². The Kier molecular flexibility index (Phi) is 4.48. The van der Waals surface area contributed by atoms with E-state index in [9.17, 15) is 8.42 Å². The second-order valence-corrected chi connectivity index (χ2v) is 8.07. The van der Waals surface area contributed by atoms with Gasteiger partial charge in [0.15, 0.2) is 11.4 Å². The van der Waals surface area contributed by atoms with Gasteiger partial charge in [-0.2, -0.15) is 5.10 Å². The number of halogens is 1. The van der Waals surface area contributed by atoms with Gasteiger partial charge in [-0.1, -0.05) is 16.8 Å². The van der Waals surface area contributed by atoms with Crippen molar-refractivity contribution in [1.82, 2.24) is 14.9 Å². The van der Waals surface area contributed by atoms with Crippen molar-refractivity contribution in [1.29, 1.82) is 0 Å². The first-order valence-corrected chi connectivity index (χ1v) is 10.0. The lowest BCUT2D eigenvalue weighted by Gasteiger charge is -2.07. The van der Waals surface area contributed by atoms with Crippen LogP contribution in [0.3, 0.4) is 0 Å². The van der Waals surface area contributed by atoms with Crippen molar-refractivity contribution in [2.24, 2.45) is 0 Å². The Morgan fingerprint density at radius 1 is 1.18 bits per heavy atom. The molecule has 28 heavy (non-hydrogen) atoms. The smallest absolute Gasteiger partial charge is 0.266 e. The van der Waals surface area contributed by atoms with Gasteiger partial charge in [0.05, 0.1) is 30.1 Å². The molecule has 0 saturated carbocycles. The summed E-state index contributed by atoms with van der Waals surface area (Å²) in [7, 11) is -2.40. The fourth-order valence-electron chi connectivity index (χ4n) is 2.80. The van der Waals surface area contributed by atoms with E-state index in [2.05, 4.69) is 15.0 Å². The predicted octanol–water partition coefficient (Wildman–Crippen LogP) is 3.78. The Balaban J connectivity index is 1.69. The van der Waals surface area contributed by atoms with Crippen LogP contribution in [0.2, 0.25) is 5.02 Å². The molecule has 0 spiro atoms. The van der Waals surface area contributed by atoms with Crippen LogP contribution >= 0.6 is 11.6 Å². The van der Waals surface area contributed by atoms with Gasteiger partial charge in [-0.05, 0) is 43.3 Å². The second-order valence-electron chi connectivity index (χ2n) is 5.98. The second kappa shape index (κ2) is 6.84. The summed E-state index contributed by atoms with van der Waals surface area (Å²) in [5, 5.41) is 9.11. The summed E-state index contributed by atoms with van der Waals surface area (Å²) in [5.74, 6) is 0.675. The van der Waals surface area contributed by atoms with E-state index in [1.165, 1.54) is 18.0 Å². The first-order valence-electron chi connectivity index (χ1n) is 8.16. The van der Waals surface area contributed by atoms with Crippen LogP contribution in [0.5, 0.6) is 5.75 Å². The fourth-order valence-corrected chi connectivity index (χ4v) is 4.10. The number of methoxy groups -OCH3 is 1. The van der Waals surface area contributed by atoms with Crippen LogP contribution in [0.15, 0.2) is 58.1 Å². The molecule has 0 aliphatic heterocycles. The zero-order valence-electron chi connectivity index (χ0n) is 14.9. The standard InChI is InChI=1S/C18H15ClN4O4S/c1-11-17(10-20-23(11)13-5-3-12(19)4-6-13)28(24,25)22-18-15-8-7-14(26-2)9-16(15)27-21-18/h3-10H,1-2H3,(H,21,22). The molecular formula is C18H15ClN4O4S. The highest BCUT2D eigenvalue weighted by Crippen LogP contribution is 2.29. The van der Waals surface area contributed by atoms with Crippen LogP contribution in [-0.4, -0.2) is 30.5 Å². The van der Waals surface area contributed by atoms with Crippen LogP contribution in [0, 0.1) is 6.92 Å². The molecule has 1 N–H and O–H groups in total.